The second kappa shape index (κ2) is 7.32. The molecule has 6 heteroatoms. The molecule has 4 rings (SSSR count). The molecule has 2 aromatic heterocycles. The molecule has 5 nitrogen and oxygen atoms in total. The first-order valence-corrected chi connectivity index (χ1v) is 10.3. The number of nitrogens with one attached hydrogen (secondary N) is 1. The van der Waals surface area contributed by atoms with E-state index in [1.807, 2.05) is 78.3 Å². The van der Waals surface area contributed by atoms with Gasteiger partial charge in [-0.3, -0.25) is 4.72 Å². The zero-order valence-corrected chi connectivity index (χ0v) is 16.1. The zero-order valence-electron chi connectivity index (χ0n) is 15.3. The fourth-order valence-electron chi connectivity index (χ4n) is 2.86. The lowest BCUT2D eigenvalue weighted by Crippen LogP contribution is -2.08. The Bertz CT molecular complexity index is 1240. The summed E-state index contributed by atoms with van der Waals surface area (Å²) in [6.45, 7) is 2.03. The summed E-state index contributed by atoms with van der Waals surface area (Å²) >= 11 is 0. The van der Waals surface area contributed by atoms with Crippen molar-refractivity contribution in [2.75, 3.05) is 4.72 Å². The van der Waals surface area contributed by atoms with Gasteiger partial charge in [0, 0.05) is 23.6 Å². The van der Waals surface area contributed by atoms with E-state index in [9.17, 15) is 8.42 Å². The molecule has 0 aliphatic heterocycles. The van der Waals surface area contributed by atoms with Crippen molar-refractivity contribution in [3.05, 3.63) is 95.7 Å². The van der Waals surface area contributed by atoms with E-state index >= 15 is 0 Å². The number of hydrogen-bond donors (Lipinski definition) is 1. The Balaban J connectivity index is 1.51. The van der Waals surface area contributed by atoms with Crippen LogP contribution >= 0.6 is 0 Å². The molecular weight excluding hydrogens is 370 g/mol. The molecular formula is C22H19N3O2S. The molecule has 0 atom stereocenters. The highest BCUT2D eigenvalue weighted by Crippen LogP contribution is 2.22. The molecule has 0 saturated heterocycles. The quantitative estimate of drug-likeness (QED) is 0.537. The van der Waals surface area contributed by atoms with Gasteiger partial charge in [-0.25, -0.2) is 13.4 Å². The summed E-state index contributed by atoms with van der Waals surface area (Å²) in [6, 6.07) is 20.5. The third-order valence-corrected chi connectivity index (χ3v) is 5.31. The monoisotopic (exact) mass is 389 g/mol. The summed E-state index contributed by atoms with van der Waals surface area (Å²) in [5.74, 6) is 0. The van der Waals surface area contributed by atoms with Crippen LogP contribution in [0.2, 0.25) is 0 Å². The van der Waals surface area contributed by atoms with Crippen molar-refractivity contribution in [3.8, 4) is 11.3 Å². The van der Waals surface area contributed by atoms with Crippen LogP contribution < -0.4 is 4.72 Å². The summed E-state index contributed by atoms with van der Waals surface area (Å²) in [5.41, 5.74) is 5.11. The average Bonchev–Trinajstić information content (AvgIpc) is 3.11. The fourth-order valence-corrected chi connectivity index (χ4v) is 3.73. The molecule has 0 amide bonds. The van der Waals surface area contributed by atoms with E-state index in [-0.39, 0.29) is 0 Å². The van der Waals surface area contributed by atoms with E-state index in [2.05, 4.69) is 9.71 Å². The smallest absolute Gasteiger partial charge is 0.255 e. The molecule has 28 heavy (non-hydrogen) atoms. The number of anilines is 1. The minimum Gasteiger partial charge on any atom is -0.306 e. The van der Waals surface area contributed by atoms with Gasteiger partial charge in [-0.15, -0.1) is 0 Å². The number of hydrogen-bond acceptors (Lipinski definition) is 3. The number of aromatic nitrogens is 2. The van der Waals surface area contributed by atoms with Crippen molar-refractivity contribution in [3.63, 3.8) is 0 Å². The van der Waals surface area contributed by atoms with Gasteiger partial charge < -0.3 is 4.40 Å². The van der Waals surface area contributed by atoms with Crippen LogP contribution in [0.3, 0.4) is 0 Å². The Morgan fingerprint density at radius 3 is 2.50 bits per heavy atom. The molecule has 0 fully saturated rings. The van der Waals surface area contributed by atoms with Gasteiger partial charge in [0.1, 0.15) is 5.65 Å². The number of pyridine rings is 1. The van der Waals surface area contributed by atoms with Gasteiger partial charge in [0.25, 0.3) is 10.0 Å². The standard InChI is InChI=1S/C22H19N3O2S/c1-17-11-13-25-16-21(23-22(25)15-17)19-7-9-20(10-8-19)24-28(26,27)14-12-18-5-3-2-4-6-18/h2-16,24H,1H3/b14-12+. The summed E-state index contributed by atoms with van der Waals surface area (Å²) in [4.78, 5) is 4.62. The van der Waals surface area contributed by atoms with Crippen LogP contribution in [-0.4, -0.2) is 17.8 Å². The SMILES string of the molecule is Cc1ccn2cc(-c3ccc(NS(=O)(=O)/C=C/c4ccccc4)cc3)nc2c1. The van der Waals surface area contributed by atoms with Crippen molar-refractivity contribution in [2.24, 2.45) is 0 Å². The van der Waals surface area contributed by atoms with Crippen LogP contribution in [-0.2, 0) is 10.0 Å². The topological polar surface area (TPSA) is 63.5 Å². The van der Waals surface area contributed by atoms with Crippen molar-refractivity contribution < 1.29 is 8.42 Å². The van der Waals surface area contributed by atoms with Crippen LogP contribution in [0.25, 0.3) is 23.0 Å². The minimum atomic E-state index is -3.59. The summed E-state index contributed by atoms with van der Waals surface area (Å²) in [7, 11) is -3.59. The number of rotatable bonds is 5. The van der Waals surface area contributed by atoms with Gasteiger partial charge >= 0.3 is 0 Å². The predicted octanol–water partition coefficient (Wildman–Crippen LogP) is 4.72. The third kappa shape index (κ3) is 4.13. The first-order chi connectivity index (χ1) is 13.5. The summed E-state index contributed by atoms with van der Waals surface area (Å²) in [5, 5.41) is 1.17. The first-order valence-electron chi connectivity index (χ1n) is 8.80. The van der Waals surface area contributed by atoms with Crippen molar-refractivity contribution in [2.45, 2.75) is 6.92 Å². The molecule has 0 aliphatic carbocycles. The Kier molecular flexibility index (Phi) is 4.71. The van der Waals surface area contributed by atoms with Crippen molar-refractivity contribution >= 4 is 27.4 Å². The number of benzene rings is 2. The van der Waals surface area contributed by atoms with Gasteiger partial charge in [0.05, 0.1) is 11.1 Å². The van der Waals surface area contributed by atoms with Gasteiger partial charge in [-0.1, -0.05) is 42.5 Å². The molecule has 2 heterocycles. The Labute approximate surface area is 164 Å². The van der Waals surface area contributed by atoms with E-state index in [0.717, 1.165) is 28.0 Å². The normalized spacial score (nSPS) is 11.9. The van der Waals surface area contributed by atoms with Gasteiger partial charge in [-0.05, 0) is 48.4 Å². The highest BCUT2D eigenvalue weighted by molar-refractivity contribution is 7.95. The second-order valence-electron chi connectivity index (χ2n) is 6.53. The maximum absolute atomic E-state index is 12.3. The molecule has 0 bridgehead atoms. The van der Waals surface area contributed by atoms with E-state index in [4.69, 9.17) is 0 Å². The molecule has 0 unspecified atom stereocenters. The van der Waals surface area contributed by atoms with Crippen LogP contribution in [0, 0.1) is 6.92 Å². The Morgan fingerprint density at radius 1 is 1.00 bits per heavy atom. The molecule has 4 aromatic rings. The maximum Gasteiger partial charge on any atom is 0.255 e. The van der Waals surface area contributed by atoms with E-state index < -0.39 is 10.0 Å². The lowest BCUT2D eigenvalue weighted by molar-refractivity contribution is 0.609. The van der Waals surface area contributed by atoms with E-state index in [0.29, 0.717) is 5.69 Å². The molecule has 0 saturated carbocycles. The molecule has 0 aliphatic rings. The number of imidazole rings is 1. The molecule has 2 aromatic carbocycles. The highest BCUT2D eigenvalue weighted by Gasteiger charge is 2.08. The molecule has 1 N–H and O–H groups in total. The fraction of sp³-hybridized carbons (Fsp3) is 0.0455. The van der Waals surface area contributed by atoms with Crippen molar-refractivity contribution in [1.29, 1.82) is 0 Å². The third-order valence-electron chi connectivity index (χ3n) is 4.30. The van der Waals surface area contributed by atoms with Crippen LogP contribution in [0.15, 0.2) is 84.5 Å². The average molecular weight is 389 g/mol. The largest absolute Gasteiger partial charge is 0.306 e. The van der Waals surface area contributed by atoms with Crippen LogP contribution in [0.4, 0.5) is 5.69 Å². The van der Waals surface area contributed by atoms with Gasteiger partial charge in [-0.2, -0.15) is 0 Å². The lowest BCUT2D eigenvalue weighted by Gasteiger charge is -2.05. The second-order valence-corrected chi connectivity index (χ2v) is 8.10. The highest BCUT2D eigenvalue weighted by atomic mass is 32.2. The first kappa shape index (κ1) is 18.0. The van der Waals surface area contributed by atoms with E-state index in [1.54, 1.807) is 18.2 Å². The minimum absolute atomic E-state index is 0.501. The van der Waals surface area contributed by atoms with Gasteiger partial charge in [0.2, 0.25) is 0 Å². The maximum atomic E-state index is 12.3. The Hall–Kier alpha value is -3.38. The Morgan fingerprint density at radius 2 is 1.75 bits per heavy atom. The molecule has 0 radical (unpaired) electrons. The number of fused-ring (bicyclic) bond motifs is 1. The zero-order chi connectivity index (χ0) is 19.6. The number of nitrogens with zero attached hydrogens (tertiary/aromatic N) is 2. The van der Waals surface area contributed by atoms with Crippen LogP contribution in [0.5, 0.6) is 0 Å². The molecule has 140 valence electrons. The van der Waals surface area contributed by atoms with Crippen LogP contribution in [0.1, 0.15) is 11.1 Å². The van der Waals surface area contributed by atoms with Crippen molar-refractivity contribution in [1.82, 2.24) is 9.38 Å². The van der Waals surface area contributed by atoms with Gasteiger partial charge in [0.15, 0.2) is 0 Å². The number of aryl methyl sites for hydroxylation is 1. The number of sulfonamides is 1. The summed E-state index contributed by atoms with van der Waals surface area (Å²) < 4.78 is 29.1. The van der Waals surface area contributed by atoms with E-state index in [1.165, 1.54) is 5.41 Å². The lowest BCUT2D eigenvalue weighted by atomic mass is 10.1. The summed E-state index contributed by atoms with van der Waals surface area (Å²) in [6.07, 6.45) is 5.49. The molecule has 0 spiro atoms. The predicted molar refractivity (Wildman–Crippen MR) is 113 cm³/mol.